The quantitative estimate of drug-likeness (QED) is 0.425. The molecule has 1 aliphatic rings. The third-order valence-corrected chi connectivity index (χ3v) is 9.15. The zero-order chi connectivity index (χ0) is 26.6. The number of ether oxygens (including phenoxy) is 1. The Bertz CT molecular complexity index is 1300. The SMILES string of the molecule is C[C@H]1CN([C@@H](C)CO)C(=O)c2cccc(NS(=O)(=O)c3cccs3)c2O[C@@H]1CN(C)Cc1ccncc1. The third-order valence-electron chi connectivity index (χ3n) is 6.39. The van der Waals surface area contributed by atoms with E-state index in [1.807, 2.05) is 26.1 Å². The van der Waals surface area contributed by atoms with E-state index < -0.39 is 16.1 Å². The zero-order valence-electron chi connectivity index (χ0n) is 21.1. The molecule has 0 unspecified atom stereocenters. The molecule has 0 aliphatic carbocycles. The number of hydrogen-bond donors (Lipinski definition) is 2. The number of rotatable bonds is 9. The molecule has 0 saturated carbocycles. The van der Waals surface area contributed by atoms with Crippen LogP contribution < -0.4 is 9.46 Å². The highest BCUT2D eigenvalue weighted by atomic mass is 32.2. The van der Waals surface area contributed by atoms with Gasteiger partial charge in [0.15, 0.2) is 5.75 Å². The molecule has 1 aromatic carbocycles. The number of thiophene rings is 1. The Kier molecular flexibility index (Phi) is 8.48. The number of amides is 1. The van der Waals surface area contributed by atoms with Gasteiger partial charge in [0.2, 0.25) is 0 Å². The average Bonchev–Trinajstić information content (AvgIpc) is 3.43. The monoisotopic (exact) mass is 544 g/mol. The van der Waals surface area contributed by atoms with Crippen LogP contribution in [-0.2, 0) is 16.6 Å². The van der Waals surface area contributed by atoms with Crippen molar-refractivity contribution in [2.45, 2.75) is 36.7 Å². The molecule has 0 spiro atoms. The van der Waals surface area contributed by atoms with Crippen LogP contribution in [-0.4, -0.2) is 73.1 Å². The van der Waals surface area contributed by atoms with Gasteiger partial charge >= 0.3 is 0 Å². The van der Waals surface area contributed by atoms with E-state index in [1.165, 1.54) is 6.07 Å². The molecular formula is C26H32N4O5S2. The van der Waals surface area contributed by atoms with Crippen LogP contribution in [0, 0.1) is 5.92 Å². The van der Waals surface area contributed by atoms with Gasteiger partial charge in [-0.2, -0.15) is 0 Å². The second-order valence-corrected chi connectivity index (χ2v) is 12.3. The van der Waals surface area contributed by atoms with E-state index in [0.717, 1.165) is 16.9 Å². The Morgan fingerprint density at radius 2 is 2.00 bits per heavy atom. The summed E-state index contributed by atoms with van der Waals surface area (Å²) in [6.45, 7) is 5.19. The van der Waals surface area contributed by atoms with Gasteiger partial charge in [0.1, 0.15) is 10.3 Å². The third kappa shape index (κ3) is 6.30. The molecular weight excluding hydrogens is 512 g/mol. The molecule has 0 radical (unpaired) electrons. The Labute approximate surface area is 221 Å². The number of carbonyl (C=O) groups excluding carboxylic acids is 1. The summed E-state index contributed by atoms with van der Waals surface area (Å²) in [5, 5.41) is 11.5. The lowest BCUT2D eigenvalue weighted by molar-refractivity contribution is 0.0344. The summed E-state index contributed by atoms with van der Waals surface area (Å²) in [6, 6.07) is 11.5. The first-order chi connectivity index (χ1) is 17.7. The summed E-state index contributed by atoms with van der Waals surface area (Å²) in [5.41, 5.74) is 1.55. The van der Waals surface area contributed by atoms with Gasteiger partial charge in [-0.15, -0.1) is 11.3 Å². The van der Waals surface area contributed by atoms with E-state index >= 15 is 0 Å². The number of nitrogens with one attached hydrogen (secondary N) is 1. The molecule has 2 aromatic heterocycles. The first kappa shape index (κ1) is 27.1. The van der Waals surface area contributed by atoms with Gasteiger partial charge in [-0.3, -0.25) is 19.4 Å². The van der Waals surface area contributed by atoms with Crippen molar-refractivity contribution in [1.82, 2.24) is 14.8 Å². The normalized spacial score (nSPS) is 19.1. The fourth-order valence-electron chi connectivity index (χ4n) is 4.32. The highest BCUT2D eigenvalue weighted by Gasteiger charge is 2.35. The minimum absolute atomic E-state index is 0.104. The van der Waals surface area contributed by atoms with Crippen LogP contribution in [0.25, 0.3) is 0 Å². The Morgan fingerprint density at radius 3 is 2.68 bits per heavy atom. The summed E-state index contributed by atoms with van der Waals surface area (Å²) < 4.78 is 35.3. The maximum atomic E-state index is 13.6. The molecule has 2 N–H and O–H groups in total. The van der Waals surface area contributed by atoms with Crippen molar-refractivity contribution in [3.63, 3.8) is 0 Å². The molecule has 11 heteroatoms. The Hall–Kier alpha value is -2.99. The van der Waals surface area contributed by atoms with Crippen LogP contribution in [0.2, 0.25) is 0 Å². The number of sulfonamides is 1. The second kappa shape index (κ2) is 11.6. The van der Waals surface area contributed by atoms with E-state index in [0.29, 0.717) is 19.6 Å². The number of nitrogens with zero attached hydrogens (tertiary/aromatic N) is 3. The fraction of sp³-hybridized carbons (Fsp3) is 0.385. The van der Waals surface area contributed by atoms with Crippen molar-refractivity contribution in [1.29, 1.82) is 0 Å². The first-order valence-corrected chi connectivity index (χ1v) is 14.4. The summed E-state index contributed by atoms with van der Waals surface area (Å²) in [4.78, 5) is 21.4. The van der Waals surface area contributed by atoms with Crippen molar-refractivity contribution in [3.8, 4) is 5.75 Å². The van der Waals surface area contributed by atoms with Crippen LogP contribution in [0.4, 0.5) is 5.69 Å². The number of aromatic nitrogens is 1. The van der Waals surface area contributed by atoms with Gasteiger partial charge in [0, 0.05) is 37.9 Å². The molecule has 1 aliphatic heterocycles. The fourth-order valence-corrected chi connectivity index (χ4v) is 6.38. The summed E-state index contributed by atoms with van der Waals surface area (Å²) in [6.07, 6.45) is 3.14. The largest absolute Gasteiger partial charge is 0.486 e. The number of likely N-dealkylation sites (N-methyl/N-ethyl adjacent to an activating group) is 1. The number of hydrogen-bond acceptors (Lipinski definition) is 8. The minimum Gasteiger partial charge on any atom is -0.486 e. The highest BCUT2D eigenvalue weighted by Crippen LogP contribution is 2.36. The van der Waals surface area contributed by atoms with Crippen molar-refractivity contribution in [2.75, 3.05) is 31.5 Å². The number of pyridine rings is 1. The van der Waals surface area contributed by atoms with Crippen molar-refractivity contribution in [3.05, 3.63) is 71.4 Å². The van der Waals surface area contributed by atoms with Crippen molar-refractivity contribution >= 4 is 33.0 Å². The van der Waals surface area contributed by atoms with Crippen molar-refractivity contribution in [2.24, 2.45) is 5.92 Å². The van der Waals surface area contributed by atoms with Crippen LogP contribution in [0.1, 0.15) is 29.8 Å². The lowest BCUT2D eigenvalue weighted by Crippen LogP contribution is -2.49. The predicted octanol–water partition coefficient (Wildman–Crippen LogP) is 3.30. The maximum absolute atomic E-state index is 13.6. The molecule has 4 rings (SSSR count). The topological polar surface area (TPSA) is 112 Å². The Morgan fingerprint density at radius 1 is 1.24 bits per heavy atom. The first-order valence-electron chi connectivity index (χ1n) is 12.0. The summed E-state index contributed by atoms with van der Waals surface area (Å²) in [7, 11) is -1.88. The minimum atomic E-state index is -3.86. The van der Waals surface area contributed by atoms with Crippen LogP contribution in [0.5, 0.6) is 5.75 Å². The number of carbonyl (C=O) groups is 1. The molecule has 0 saturated heterocycles. The van der Waals surface area contributed by atoms with Crippen molar-refractivity contribution < 1.29 is 23.1 Å². The van der Waals surface area contributed by atoms with Gasteiger partial charge in [-0.25, -0.2) is 8.42 Å². The summed E-state index contributed by atoms with van der Waals surface area (Å²) in [5.74, 6) is -0.228. The molecule has 9 nitrogen and oxygen atoms in total. The zero-order valence-corrected chi connectivity index (χ0v) is 22.7. The molecule has 37 heavy (non-hydrogen) atoms. The Balaban J connectivity index is 1.70. The molecule has 3 aromatic rings. The van der Waals surface area contributed by atoms with Crippen LogP contribution in [0.3, 0.4) is 0 Å². The van der Waals surface area contributed by atoms with Gasteiger partial charge in [0.25, 0.3) is 15.9 Å². The molecule has 0 bridgehead atoms. The number of fused-ring (bicyclic) bond motifs is 1. The van der Waals surface area contributed by atoms with Crippen LogP contribution >= 0.6 is 11.3 Å². The van der Waals surface area contributed by atoms with Gasteiger partial charge < -0.3 is 14.7 Å². The number of aliphatic hydroxyl groups is 1. The maximum Gasteiger partial charge on any atom is 0.271 e. The highest BCUT2D eigenvalue weighted by molar-refractivity contribution is 7.94. The molecule has 198 valence electrons. The lowest BCUT2D eigenvalue weighted by Gasteiger charge is -2.38. The van der Waals surface area contributed by atoms with E-state index in [-0.39, 0.29) is 45.7 Å². The average molecular weight is 545 g/mol. The summed E-state index contributed by atoms with van der Waals surface area (Å²) >= 11 is 1.11. The van der Waals surface area contributed by atoms with Gasteiger partial charge in [0.05, 0.1) is 23.9 Å². The standard InChI is InChI=1S/C26H32N4O5S2/c1-18-14-30(19(2)17-31)26(32)21-6-4-7-22(28-37(33,34)24-8-5-13-36-24)25(21)35-23(18)16-29(3)15-20-9-11-27-12-10-20/h4-13,18-19,23,28,31H,14-17H2,1-3H3/t18-,19-,23+/m0/s1. The molecule has 0 fully saturated rings. The molecule has 3 heterocycles. The predicted molar refractivity (Wildman–Crippen MR) is 143 cm³/mol. The number of para-hydroxylation sites is 1. The molecule has 3 atom stereocenters. The van der Waals surface area contributed by atoms with E-state index in [1.54, 1.807) is 53.9 Å². The second-order valence-electron chi connectivity index (χ2n) is 9.39. The van der Waals surface area contributed by atoms with Crippen LogP contribution in [0.15, 0.2) is 64.4 Å². The number of aliphatic hydroxyl groups excluding tert-OH is 1. The molecule has 1 amide bonds. The van der Waals surface area contributed by atoms with Gasteiger partial charge in [-0.05, 0) is 55.2 Å². The smallest absolute Gasteiger partial charge is 0.271 e. The van der Waals surface area contributed by atoms with E-state index in [9.17, 15) is 18.3 Å². The number of anilines is 1. The van der Waals surface area contributed by atoms with E-state index in [2.05, 4.69) is 14.6 Å². The number of benzene rings is 1. The van der Waals surface area contributed by atoms with Gasteiger partial charge in [-0.1, -0.05) is 19.1 Å². The lowest BCUT2D eigenvalue weighted by atomic mass is 9.99. The van der Waals surface area contributed by atoms with E-state index in [4.69, 9.17) is 4.74 Å².